The summed E-state index contributed by atoms with van der Waals surface area (Å²) >= 11 is 0. The summed E-state index contributed by atoms with van der Waals surface area (Å²) in [5.74, 6) is -0.227. The molecule has 0 spiro atoms. The van der Waals surface area contributed by atoms with Crippen LogP contribution in [0, 0.1) is 19.8 Å². The van der Waals surface area contributed by atoms with Crippen molar-refractivity contribution in [2.75, 3.05) is 13.1 Å². The first-order valence-corrected chi connectivity index (χ1v) is 8.62. The van der Waals surface area contributed by atoms with E-state index in [1.807, 2.05) is 13.8 Å². The van der Waals surface area contributed by atoms with E-state index >= 15 is 0 Å². The van der Waals surface area contributed by atoms with Crippen molar-refractivity contribution in [2.45, 2.75) is 33.3 Å². The van der Waals surface area contributed by atoms with E-state index in [-0.39, 0.29) is 12.5 Å². The molecule has 1 aliphatic rings. The molecule has 1 aliphatic heterocycles. The highest BCUT2D eigenvalue weighted by Crippen LogP contribution is 2.22. The zero-order valence-electron chi connectivity index (χ0n) is 14.9. The quantitative estimate of drug-likeness (QED) is 0.883. The lowest BCUT2D eigenvalue weighted by Gasteiger charge is -2.30. The first kappa shape index (κ1) is 18.0. The minimum Gasteiger partial charge on any atom is -0.489 e. The summed E-state index contributed by atoms with van der Waals surface area (Å²) in [6.45, 7) is 4.81. The second-order valence-corrected chi connectivity index (χ2v) is 6.55. The fraction of sp³-hybridized carbons (Fsp3) is 0.421. The highest BCUT2D eigenvalue weighted by molar-refractivity contribution is 5.95. The minimum absolute atomic E-state index is 0.168. The van der Waals surface area contributed by atoms with E-state index in [4.69, 9.17) is 9.26 Å². The van der Waals surface area contributed by atoms with Gasteiger partial charge in [-0.1, -0.05) is 11.2 Å². The Morgan fingerprint density at radius 1 is 1.38 bits per heavy atom. The standard InChI is InChI=1S/C19H22N2O5/c1-12-17(13(2)26-20-12)11-25-16-7-3-5-14(9-16)18(22)21-8-4-6-15(10-21)19(23)24/h3,5,7,9,15H,4,6,8,10-11H2,1-2H3,(H,23,24). The number of carbonyl (C=O) groups excluding carboxylic acids is 1. The van der Waals surface area contributed by atoms with E-state index in [1.54, 1.807) is 29.2 Å². The van der Waals surface area contributed by atoms with Crippen molar-refractivity contribution in [3.05, 3.63) is 46.8 Å². The maximum absolute atomic E-state index is 12.7. The Labute approximate surface area is 151 Å². The molecule has 1 unspecified atom stereocenters. The molecule has 2 aromatic rings. The Balaban J connectivity index is 1.68. The van der Waals surface area contributed by atoms with Crippen molar-refractivity contribution in [2.24, 2.45) is 5.92 Å². The van der Waals surface area contributed by atoms with Gasteiger partial charge in [-0.25, -0.2) is 0 Å². The Kier molecular flexibility index (Phi) is 5.25. The molecule has 1 N–H and O–H groups in total. The Morgan fingerprint density at radius 2 is 2.19 bits per heavy atom. The normalized spacial score (nSPS) is 17.2. The second kappa shape index (κ2) is 7.59. The Bertz CT molecular complexity index is 795. The van der Waals surface area contributed by atoms with Crippen LogP contribution in [-0.4, -0.2) is 40.1 Å². The summed E-state index contributed by atoms with van der Waals surface area (Å²) in [7, 11) is 0. The molecule has 0 saturated carbocycles. The Morgan fingerprint density at radius 3 is 2.88 bits per heavy atom. The third-order valence-corrected chi connectivity index (χ3v) is 4.70. The van der Waals surface area contributed by atoms with E-state index in [9.17, 15) is 14.7 Å². The van der Waals surface area contributed by atoms with Crippen LogP contribution in [0.3, 0.4) is 0 Å². The smallest absolute Gasteiger partial charge is 0.308 e. The third kappa shape index (κ3) is 3.87. The van der Waals surface area contributed by atoms with Gasteiger partial charge in [-0.15, -0.1) is 0 Å². The average Bonchev–Trinajstić information content (AvgIpc) is 2.97. The molecule has 1 amide bonds. The van der Waals surface area contributed by atoms with Gasteiger partial charge in [0.1, 0.15) is 18.1 Å². The third-order valence-electron chi connectivity index (χ3n) is 4.70. The summed E-state index contributed by atoms with van der Waals surface area (Å²) in [6.07, 6.45) is 1.31. The van der Waals surface area contributed by atoms with Crippen LogP contribution < -0.4 is 4.74 Å². The van der Waals surface area contributed by atoms with E-state index in [0.717, 1.165) is 11.3 Å². The summed E-state index contributed by atoms with van der Waals surface area (Å²) in [4.78, 5) is 25.5. The van der Waals surface area contributed by atoms with Crippen molar-refractivity contribution < 1.29 is 24.0 Å². The first-order valence-electron chi connectivity index (χ1n) is 8.62. The number of rotatable bonds is 5. The van der Waals surface area contributed by atoms with Crippen molar-refractivity contribution in [1.29, 1.82) is 0 Å². The number of ether oxygens (including phenoxy) is 1. The number of carboxylic acids is 1. The van der Waals surface area contributed by atoms with Gasteiger partial charge in [0.25, 0.3) is 5.91 Å². The molecule has 0 bridgehead atoms. The maximum Gasteiger partial charge on any atom is 0.308 e. The molecule has 2 heterocycles. The van der Waals surface area contributed by atoms with Gasteiger partial charge < -0.3 is 19.3 Å². The van der Waals surface area contributed by atoms with E-state index < -0.39 is 11.9 Å². The summed E-state index contributed by atoms with van der Waals surface area (Å²) in [6, 6.07) is 6.94. The molecule has 138 valence electrons. The predicted octanol–water partition coefficient (Wildman–Crippen LogP) is 2.81. The lowest BCUT2D eigenvalue weighted by molar-refractivity contribution is -0.143. The molecule has 1 fully saturated rings. The lowest BCUT2D eigenvalue weighted by atomic mass is 9.97. The van der Waals surface area contributed by atoms with Gasteiger partial charge in [-0.3, -0.25) is 9.59 Å². The molecular formula is C19H22N2O5. The molecule has 7 heteroatoms. The van der Waals surface area contributed by atoms with Gasteiger partial charge in [0.05, 0.1) is 17.2 Å². The van der Waals surface area contributed by atoms with Gasteiger partial charge >= 0.3 is 5.97 Å². The highest BCUT2D eigenvalue weighted by Gasteiger charge is 2.28. The number of likely N-dealkylation sites (tertiary alicyclic amines) is 1. The number of benzene rings is 1. The number of carbonyl (C=O) groups is 2. The highest BCUT2D eigenvalue weighted by atomic mass is 16.5. The summed E-state index contributed by atoms with van der Waals surface area (Å²) < 4.78 is 10.9. The van der Waals surface area contributed by atoms with E-state index in [1.165, 1.54) is 0 Å². The van der Waals surface area contributed by atoms with Crippen LogP contribution in [0.15, 0.2) is 28.8 Å². The number of aromatic nitrogens is 1. The van der Waals surface area contributed by atoms with Crippen molar-refractivity contribution >= 4 is 11.9 Å². The number of hydrogen-bond donors (Lipinski definition) is 1. The molecule has 1 aromatic carbocycles. The predicted molar refractivity (Wildman–Crippen MR) is 93.0 cm³/mol. The van der Waals surface area contributed by atoms with Crippen LogP contribution in [0.5, 0.6) is 5.75 Å². The lowest BCUT2D eigenvalue weighted by Crippen LogP contribution is -2.42. The van der Waals surface area contributed by atoms with Crippen LogP contribution in [0.25, 0.3) is 0 Å². The Hall–Kier alpha value is -2.83. The fourth-order valence-electron chi connectivity index (χ4n) is 3.13. The van der Waals surface area contributed by atoms with Crippen LogP contribution >= 0.6 is 0 Å². The van der Waals surface area contributed by atoms with E-state index in [0.29, 0.717) is 43.1 Å². The minimum atomic E-state index is -0.848. The van der Waals surface area contributed by atoms with Crippen LogP contribution in [0.4, 0.5) is 0 Å². The number of aliphatic carboxylic acids is 1. The molecule has 0 aliphatic carbocycles. The maximum atomic E-state index is 12.7. The number of amides is 1. The summed E-state index contributed by atoms with van der Waals surface area (Å²) in [5.41, 5.74) is 2.16. The number of piperidine rings is 1. The number of nitrogens with zero attached hydrogens (tertiary/aromatic N) is 2. The molecule has 7 nitrogen and oxygen atoms in total. The second-order valence-electron chi connectivity index (χ2n) is 6.55. The first-order chi connectivity index (χ1) is 12.5. The fourth-order valence-corrected chi connectivity index (χ4v) is 3.13. The van der Waals surface area contributed by atoms with Gasteiger partial charge in [0.2, 0.25) is 0 Å². The zero-order valence-corrected chi connectivity index (χ0v) is 14.9. The topological polar surface area (TPSA) is 92.9 Å². The summed E-state index contributed by atoms with van der Waals surface area (Å²) in [5, 5.41) is 13.1. The van der Waals surface area contributed by atoms with Crippen LogP contribution in [-0.2, 0) is 11.4 Å². The number of hydrogen-bond acceptors (Lipinski definition) is 5. The van der Waals surface area contributed by atoms with E-state index in [2.05, 4.69) is 5.16 Å². The molecule has 1 saturated heterocycles. The number of carboxylic acid groups (broad SMARTS) is 1. The van der Waals surface area contributed by atoms with Crippen molar-refractivity contribution in [3.63, 3.8) is 0 Å². The number of aryl methyl sites for hydroxylation is 2. The van der Waals surface area contributed by atoms with Gasteiger partial charge in [-0.2, -0.15) is 0 Å². The van der Waals surface area contributed by atoms with Crippen molar-refractivity contribution in [3.8, 4) is 5.75 Å². The molecule has 1 aromatic heterocycles. The van der Waals surface area contributed by atoms with Gasteiger partial charge in [-0.05, 0) is 44.9 Å². The molecule has 3 rings (SSSR count). The SMILES string of the molecule is Cc1noc(C)c1COc1cccc(C(=O)N2CCCC(C(=O)O)C2)c1. The zero-order chi connectivity index (χ0) is 18.7. The molecule has 1 atom stereocenters. The van der Waals surface area contributed by atoms with Crippen molar-refractivity contribution in [1.82, 2.24) is 10.1 Å². The average molecular weight is 358 g/mol. The van der Waals surface area contributed by atoms with Gasteiger partial charge in [0.15, 0.2) is 0 Å². The monoisotopic (exact) mass is 358 g/mol. The molecule has 26 heavy (non-hydrogen) atoms. The largest absolute Gasteiger partial charge is 0.489 e. The molecular weight excluding hydrogens is 336 g/mol. The van der Waals surface area contributed by atoms with Crippen LogP contribution in [0.2, 0.25) is 0 Å². The van der Waals surface area contributed by atoms with Gasteiger partial charge in [0, 0.05) is 18.7 Å². The van der Waals surface area contributed by atoms with Crippen LogP contribution in [0.1, 0.15) is 40.2 Å². The molecule has 0 radical (unpaired) electrons.